The maximum Gasteiger partial charge on any atom is 0.243 e. The van der Waals surface area contributed by atoms with Crippen molar-refractivity contribution in [1.82, 2.24) is 10.2 Å². The van der Waals surface area contributed by atoms with E-state index in [1.807, 2.05) is 91.9 Å². The zero-order valence-electron chi connectivity index (χ0n) is 22.9. The number of benzene rings is 4. The van der Waals surface area contributed by atoms with Gasteiger partial charge in [0.05, 0.1) is 0 Å². The first-order valence-electron chi connectivity index (χ1n) is 13.8. The van der Waals surface area contributed by atoms with Crippen molar-refractivity contribution in [2.45, 2.75) is 51.6 Å². The van der Waals surface area contributed by atoms with Gasteiger partial charge in [-0.3, -0.25) is 9.59 Å². The Bertz CT molecular complexity index is 1280. The van der Waals surface area contributed by atoms with E-state index in [0.717, 1.165) is 34.2 Å². The van der Waals surface area contributed by atoms with Crippen LogP contribution in [0, 0.1) is 6.92 Å². The van der Waals surface area contributed by atoms with Gasteiger partial charge in [0.25, 0.3) is 0 Å². The summed E-state index contributed by atoms with van der Waals surface area (Å²) in [5, 5.41) is 3.07. The molecule has 0 saturated carbocycles. The first-order valence-corrected chi connectivity index (χ1v) is 13.8. The number of amides is 2. The standard InChI is InChI=1S/C35H38N2O2/c1-3-23-36-35(39)33(24-28-16-7-4-8-17-28)37(26-31-22-14-13-15-27(31)2)34(38)25-32(29-18-9-5-10-19-29)30-20-11-6-12-21-30/h4-22,32-33H,3,23-26H2,1-2H3,(H,36,39)/t33-/m0/s1. The summed E-state index contributed by atoms with van der Waals surface area (Å²) in [7, 11) is 0. The van der Waals surface area contributed by atoms with Crippen molar-refractivity contribution in [3.63, 3.8) is 0 Å². The molecule has 4 rings (SSSR count). The molecule has 0 heterocycles. The second-order valence-corrected chi connectivity index (χ2v) is 10.0. The quantitative estimate of drug-likeness (QED) is 0.227. The number of nitrogens with zero attached hydrogens (tertiary/aromatic N) is 1. The van der Waals surface area contributed by atoms with E-state index < -0.39 is 6.04 Å². The number of nitrogens with one attached hydrogen (secondary N) is 1. The predicted octanol–water partition coefficient (Wildman–Crippen LogP) is 6.68. The zero-order chi connectivity index (χ0) is 27.5. The van der Waals surface area contributed by atoms with Crippen LogP contribution in [-0.2, 0) is 22.6 Å². The monoisotopic (exact) mass is 518 g/mol. The second kappa shape index (κ2) is 14.1. The van der Waals surface area contributed by atoms with Crippen molar-refractivity contribution in [3.8, 4) is 0 Å². The maximum absolute atomic E-state index is 14.4. The lowest BCUT2D eigenvalue weighted by Gasteiger charge is -2.33. The highest BCUT2D eigenvalue weighted by Gasteiger charge is 2.32. The Kier molecular flexibility index (Phi) is 10.1. The minimum atomic E-state index is -0.627. The van der Waals surface area contributed by atoms with Crippen molar-refractivity contribution in [1.29, 1.82) is 0 Å². The summed E-state index contributed by atoms with van der Waals surface area (Å²) in [4.78, 5) is 29.8. The van der Waals surface area contributed by atoms with E-state index in [-0.39, 0.29) is 24.2 Å². The molecule has 1 atom stereocenters. The first kappa shape index (κ1) is 27.8. The molecule has 0 radical (unpaired) electrons. The van der Waals surface area contributed by atoms with Crippen molar-refractivity contribution < 1.29 is 9.59 Å². The molecule has 0 aliphatic heterocycles. The molecule has 4 aromatic carbocycles. The van der Waals surface area contributed by atoms with Crippen molar-refractivity contribution in [2.24, 2.45) is 0 Å². The molecule has 0 aromatic heterocycles. The Hall–Kier alpha value is -4.18. The molecule has 39 heavy (non-hydrogen) atoms. The van der Waals surface area contributed by atoms with Gasteiger partial charge in [-0.2, -0.15) is 0 Å². The summed E-state index contributed by atoms with van der Waals surface area (Å²) in [6.45, 7) is 5.04. The number of rotatable bonds is 12. The Labute approximate surface area is 232 Å². The summed E-state index contributed by atoms with van der Waals surface area (Å²) in [5.74, 6) is -0.266. The third-order valence-corrected chi connectivity index (χ3v) is 7.20. The lowest BCUT2D eigenvalue weighted by Crippen LogP contribution is -2.51. The maximum atomic E-state index is 14.4. The lowest BCUT2D eigenvalue weighted by molar-refractivity contribution is -0.141. The average molecular weight is 519 g/mol. The highest BCUT2D eigenvalue weighted by Crippen LogP contribution is 2.30. The van der Waals surface area contributed by atoms with E-state index in [4.69, 9.17) is 0 Å². The molecule has 0 aliphatic carbocycles. The largest absolute Gasteiger partial charge is 0.354 e. The van der Waals surface area contributed by atoms with E-state index in [9.17, 15) is 9.59 Å². The van der Waals surface area contributed by atoms with Gasteiger partial charge >= 0.3 is 0 Å². The third-order valence-electron chi connectivity index (χ3n) is 7.20. The van der Waals surface area contributed by atoms with Gasteiger partial charge in [-0.25, -0.2) is 0 Å². The van der Waals surface area contributed by atoms with Crippen LogP contribution in [0.1, 0.15) is 53.5 Å². The fourth-order valence-corrected chi connectivity index (χ4v) is 4.98. The fourth-order valence-electron chi connectivity index (χ4n) is 4.98. The highest BCUT2D eigenvalue weighted by molar-refractivity contribution is 5.88. The Morgan fingerprint density at radius 1 is 0.744 bits per heavy atom. The second-order valence-electron chi connectivity index (χ2n) is 10.0. The van der Waals surface area contributed by atoms with Gasteiger partial charge in [0.2, 0.25) is 11.8 Å². The van der Waals surface area contributed by atoms with Crippen LogP contribution in [0.5, 0.6) is 0 Å². The van der Waals surface area contributed by atoms with Gasteiger partial charge in [0.1, 0.15) is 6.04 Å². The van der Waals surface area contributed by atoms with Gasteiger partial charge < -0.3 is 10.2 Å². The first-order chi connectivity index (χ1) is 19.1. The molecule has 0 fully saturated rings. The molecular formula is C35H38N2O2. The van der Waals surface area contributed by atoms with Crippen LogP contribution in [-0.4, -0.2) is 29.3 Å². The van der Waals surface area contributed by atoms with Crippen LogP contribution in [0.4, 0.5) is 0 Å². The van der Waals surface area contributed by atoms with E-state index in [0.29, 0.717) is 19.5 Å². The molecule has 2 amide bonds. The SMILES string of the molecule is CCCNC(=O)[C@H](Cc1ccccc1)N(Cc1ccccc1C)C(=O)CC(c1ccccc1)c1ccccc1. The van der Waals surface area contributed by atoms with Crippen LogP contribution in [0.2, 0.25) is 0 Å². The van der Waals surface area contributed by atoms with Gasteiger partial charge in [-0.1, -0.05) is 122 Å². The van der Waals surface area contributed by atoms with Crippen molar-refractivity contribution in [3.05, 3.63) is 143 Å². The molecule has 4 heteroatoms. The van der Waals surface area contributed by atoms with Crippen LogP contribution >= 0.6 is 0 Å². The topological polar surface area (TPSA) is 49.4 Å². The van der Waals surface area contributed by atoms with E-state index in [2.05, 4.69) is 42.6 Å². The third kappa shape index (κ3) is 7.67. The van der Waals surface area contributed by atoms with Gasteiger partial charge in [0, 0.05) is 31.8 Å². The summed E-state index contributed by atoms with van der Waals surface area (Å²) < 4.78 is 0. The molecule has 0 spiro atoms. The zero-order valence-corrected chi connectivity index (χ0v) is 22.9. The minimum absolute atomic E-state index is 0.0384. The van der Waals surface area contributed by atoms with Gasteiger partial charge in [-0.15, -0.1) is 0 Å². The molecule has 4 aromatic rings. The van der Waals surface area contributed by atoms with Gasteiger partial charge in [-0.05, 0) is 41.2 Å². The average Bonchev–Trinajstić information content (AvgIpc) is 2.98. The normalized spacial score (nSPS) is 11.7. The van der Waals surface area contributed by atoms with E-state index in [1.54, 1.807) is 4.90 Å². The van der Waals surface area contributed by atoms with Crippen LogP contribution < -0.4 is 5.32 Å². The van der Waals surface area contributed by atoms with Crippen LogP contribution in [0.25, 0.3) is 0 Å². The molecule has 0 unspecified atom stereocenters. The number of aryl methyl sites for hydroxylation is 1. The van der Waals surface area contributed by atoms with Crippen molar-refractivity contribution >= 4 is 11.8 Å². The van der Waals surface area contributed by atoms with Crippen LogP contribution in [0.3, 0.4) is 0 Å². The molecular weight excluding hydrogens is 480 g/mol. The Balaban J connectivity index is 1.73. The van der Waals surface area contributed by atoms with Crippen LogP contribution in [0.15, 0.2) is 115 Å². The summed E-state index contributed by atoms with van der Waals surface area (Å²) in [5.41, 5.74) is 5.35. The predicted molar refractivity (Wildman–Crippen MR) is 158 cm³/mol. The molecule has 4 nitrogen and oxygen atoms in total. The Morgan fingerprint density at radius 2 is 1.28 bits per heavy atom. The minimum Gasteiger partial charge on any atom is -0.354 e. The van der Waals surface area contributed by atoms with E-state index >= 15 is 0 Å². The molecule has 0 aliphatic rings. The van der Waals surface area contributed by atoms with Crippen molar-refractivity contribution in [2.75, 3.05) is 6.54 Å². The molecule has 0 saturated heterocycles. The summed E-state index contributed by atoms with van der Waals surface area (Å²) >= 11 is 0. The lowest BCUT2D eigenvalue weighted by atomic mass is 9.87. The number of hydrogen-bond donors (Lipinski definition) is 1. The number of carbonyl (C=O) groups is 2. The summed E-state index contributed by atoms with van der Waals surface area (Å²) in [6.07, 6.45) is 1.56. The molecule has 0 bridgehead atoms. The highest BCUT2D eigenvalue weighted by atomic mass is 16.2. The fraction of sp³-hybridized carbons (Fsp3) is 0.257. The smallest absolute Gasteiger partial charge is 0.243 e. The Morgan fingerprint density at radius 3 is 1.85 bits per heavy atom. The van der Waals surface area contributed by atoms with Gasteiger partial charge in [0.15, 0.2) is 0 Å². The van der Waals surface area contributed by atoms with E-state index in [1.165, 1.54) is 0 Å². The number of carbonyl (C=O) groups excluding carboxylic acids is 2. The molecule has 200 valence electrons. The summed E-state index contributed by atoms with van der Waals surface area (Å²) in [6, 6.07) is 37.8. The number of hydrogen-bond acceptors (Lipinski definition) is 2. The molecule has 1 N–H and O–H groups in total.